The number of ether oxygens (including phenoxy) is 3. The van der Waals surface area contributed by atoms with E-state index in [1.807, 2.05) is 6.92 Å². The Bertz CT molecular complexity index is 810. The van der Waals surface area contributed by atoms with Crippen LogP contribution < -0.4 is 19.0 Å². The lowest BCUT2D eigenvalue weighted by molar-refractivity contribution is 0.340. The van der Waals surface area contributed by atoms with Gasteiger partial charge in [-0.1, -0.05) is 0 Å². The van der Waals surface area contributed by atoms with E-state index in [2.05, 4.69) is 9.93 Å². The summed E-state index contributed by atoms with van der Waals surface area (Å²) in [6.45, 7) is 2.37. The van der Waals surface area contributed by atoms with Gasteiger partial charge in [-0.25, -0.2) is 4.83 Å². The molecule has 0 amide bonds. The fraction of sp³-hybridized carbons (Fsp3) is 0.235. The third-order valence-corrected chi connectivity index (χ3v) is 4.44. The molecular weight excluding hydrogens is 344 g/mol. The largest absolute Gasteiger partial charge is 0.497 e. The van der Waals surface area contributed by atoms with E-state index in [-0.39, 0.29) is 4.90 Å². The van der Waals surface area contributed by atoms with Gasteiger partial charge in [-0.05, 0) is 43.3 Å². The summed E-state index contributed by atoms with van der Waals surface area (Å²) < 4.78 is 40.0. The van der Waals surface area contributed by atoms with Crippen LogP contribution in [0.3, 0.4) is 0 Å². The van der Waals surface area contributed by atoms with Crippen molar-refractivity contribution < 1.29 is 22.6 Å². The molecule has 134 valence electrons. The highest BCUT2D eigenvalue weighted by Crippen LogP contribution is 2.21. The summed E-state index contributed by atoms with van der Waals surface area (Å²) in [7, 11) is -0.695. The van der Waals surface area contributed by atoms with Crippen LogP contribution in [0.5, 0.6) is 17.2 Å². The van der Waals surface area contributed by atoms with Crippen molar-refractivity contribution in [3.8, 4) is 17.2 Å². The van der Waals surface area contributed by atoms with Crippen molar-refractivity contribution in [1.82, 2.24) is 4.83 Å². The lowest BCUT2D eigenvalue weighted by Crippen LogP contribution is -2.18. The first-order valence-corrected chi connectivity index (χ1v) is 8.97. The summed E-state index contributed by atoms with van der Waals surface area (Å²) in [6, 6.07) is 11.2. The predicted octanol–water partition coefficient (Wildman–Crippen LogP) is 2.41. The molecule has 0 saturated heterocycles. The quantitative estimate of drug-likeness (QED) is 0.574. The summed E-state index contributed by atoms with van der Waals surface area (Å²) in [6.07, 6.45) is 1.37. The Morgan fingerprint density at radius 1 is 1.00 bits per heavy atom. The first kappa shape index (κ1) is 18.6. The molecule has 8 heteroatoms. The van der Waals surface area contributed by atoms with Gasteiger partial charge in [0, 0.05) is 11.6 Å². The third-order valence-electron chi connectivity index (χ3n) is 3.21. The van der Waals surface area contributed by atoms with E-state index in [0.29, 0.717) is 29.4 Å². The molecule has 2 aromatic rings. The van der Waals surface area contributed by atoms with E-state index in [4.69, 9.17) is 14.2 Å². The zero-order valence-electron chi connectivity index (χ0n) is 14.2. The highest BCUT2D eigenvalue weighted by Gasteiger charge is 2.12. The van der Waals surface area contributed by atoms with Crippen LogP contribution in [0.1, 0.15) is 12.5 Å². The molecule has 0 heterocycles. The maximum atomic E-state index is 12.2. The summed E-state index contributed by atoms with van der Waals surface area (Å²) >= 11 is 0. The molecule has 0 saturated carbocycles. The van der Waals surface area contributed by atoms with Gasteiger partial charge in [0.25, 0.3) is 10.0 Å². The van der Waals surface area contributed by atoms with Crippen molar-refractivity contribution in [2.24, 2.45) is 5.10 Å². The van der Waals surface area contributed by atoms with E-state index < -0.39 is 10.0 Å². The highest BCUT2D eigenvalue weighted by molar-refractivity contribution is 7.89. The number of sulfonamides is 1. The molecule has 0 aromatic heterocycles. The smallest absolute Gasteiger partial charge is 0.276 e. The van der Waals surface area contributed by atoms with E-state index in [1.54, 1.807) is 30.3 Å². The van der Waals surface area contributed by atoms with Crippen molar-refractivity contribution in [3.05, 3.63) is 48.0 Å². The van der Waals surface area contributed by atoms with Gasteiger partial charge in [-0.15, -0.1) is 0 Å². The molecule has 0 fully saturated rings. The van der Waals surface area contributed by atoms with Gasteiger partial charge in [0.15, 0.2) is 0 Å². The Balaban J connectivity index is 2.12. The number of hydrogen-bond donors (Lipinski definition) is 1. The lowest BCUT2D eigenvalue weighted by Gasteiger charge is -2.07. The number of methoxy groups -OCH3 is 2. The van der Waals surface area contributed by atoms with Gasteiger partial charge in [0.05, 0.1) is 31.9 Å². The topological polar surface area (TPSA) is 86.2 Å². The molecule has 2 aromatic carbocycles. The van der Waals surface area contributed by atoms with Crippen molar-refractivity contribution in [3.63, 3.8) is 0 Å². The zero-order valence-corrected chi connectivity index (χ0v) is 15.0. The van der Waals surface area contributed by atoms with Crippen LogP contribution in [0, 0.1) is 0 Å². The minimum atomic E-state index is -3.76. The number of hydrogen-bond acceptors (Lipinski definition) is 6. The highest BCUT2D eigenvalue weighted by atomic mass is 32.2. The summed E-state index contributed by atoms with van der Waals surface area (Å²) in [5.41, 5.74) is 0.630. The van der Waals surface area contributed by atoms with Crippen molar-refractivity contribution in [1.29, 1.82) is 0 Å². The average Bonchev–Trinajstić information content (AvgIpc) is 2.62. The molecule has 0 spiro atoms. The minimum absolute atomic E-state index is 0.0938. The molecule has 0 aliphatic heterocycles. The molecule has 0 bridgehead atoms. The molecule has 25 heavy (non-hydrogen) atoms. The lowest BCUT2D eigenvalue weighted by atomic mass is 10.2. The van der Waals surface area contributed by atoms with Crippen LogP contribution in [0.2, 0.25) is 0 Å². The number of rotatable bonds is 8. The van der Waals surface area contributed by atoms with Crippen LogP contribution >= 0.6 is 0 Å². The van der Waals surface area contributed by atoms with Crippen LogP contribution in [0.25, 0.3) is 0 Å². The first-order chi connectivity index (χ1) is 12.0. The van der Waals surface area contributed by atoms with Gasteiger partial charge in [0.2, 0.25) is 0 Å². The fourth-order valence-corrected chi connectivity index (χ4v) is 2.80. The van der Waals surface area contributed by atoms with Crippen LogP contribution in [-0.4, -0.2) is 35.5 Å². The predicted molar refractivity (Wildman–Crippen MR) is 95.1 cm³/mol. The standard InChI is InChI=1S/C17H20N2O5S/c1-4-24-14-5-7-17(8-6-14)25(20,21)19-18-12-13-9-15(22-2)11-16(10-13)23-3/h5-12,19H,4H2,1-3H3. The SMILES string of the molecule is CCOc1ccc(S(=O)(=O)NN=Cc2cc(OC)cc(OC)c2)cc1. The maximum Gasteiger partial charge on any atom is 0.276 e. The second-order valence-corrected chi connectivity index (χ2v) is 6.56. The van der Waals surface area contributed by atoms with E-state index in [1.165, 1.54) is 32.6 Å². The fourth-order valence-electron chi connectivity index (χ4n) is 2.01. The minimum Gasteiger partial charge on any atom is -0.497 e. The molecule has 0 aliphatic carbocycles. The van der Waals surface area contributed by atoms with Crippen LogP contribution in [0.4, 0.5) is 0 Å². The van der Waals surface area contributed by atoms with Crippen molar-refractivity contribution in [2.75, 3.05) is 20.8 Å². The Labute approximate surface area is 147 Å². The van der Waals surface area contributed by atoms with E-state index in [9.17, 15) is 8.42 Å². The number of hydrazone groups is 1. The Hall–Kier alpha value is -2.74. The summed E-state index contributed by atoms with van der Waals surface area (Å²) in [5.74, 6) is 1.76. The van der Waals surface area contributed by atoms with Crippen molar-refractivity contribution >= 4 is 16.2 Å². The molecule has 2 rings (SSSR count). The molecule has 1 N–H and O–H groups in total. The van der Waals surface area contributed by atoms with Gasteiger partial charge in [-0.2, -0.15) is 13.5 Å². The molecular formula is C17H20N2O5S. The Morgan fingerprint density at radius 2 is 1.60 bits per heavy atom. The first-order valence-electron chi connectivity index (χ1n) is 7.49. The third kappa shape index (κ3) is 5.12. The number of benzene rings is 2. The van der Waals surface area contributed by atoms with Crippen molar-refractivity contribution in [2.45, 2.75) is 11.8 Å². The van der Waals surface area contributed by atoms with Gasteiger partial charge >= 0.3 is 0 Å². The molecule has 0 radical (unpaired) electrons. The zero-order chi connectivity index (χ0) is 18.3. The molecule has 0 aliphatic rings. The average molecular weight is 364 g/mol. The Kier molecular flexibility index (Phi) is 6.24. The number of nitrogens with zero attached hydrogens (tertiary/aromatic N) is 1. The molecule has 0 unspecified atom stereocenters. The normalized spacial score (nSPS) is 11.3. The van der Waals surface area contributed by atoms with Gasteiger partial charge in [-0.3, -0.25) is 0 Å². The second-order valence-electron chi connectivity index (χ2n) is 4.90. The van der Waals surface area contributed by atoms with Gasteiger partial charge < -0.3 is 14.2 Å². The summed E-state index contributed by atoms with van der Waals surface area (Å²) in [4.78, 5) is 2.26. The van der Waals surface area contributed by atoms with Crippen LogP contribution in [-0.2, 0) is 10.0 Å². The molecule has 7 nitrogen and oxygen atoms in total. The summed E-state index contributed by atoms with van der Waals surface area (Å²) in [5, 5.41) is 3.79. The van der Waals surface area contributed by atoms with Crippen LogP contribution in [0.15, 0.2) is 52.5 Å². The Morgan fingerprint density at radius 3 is 2.12 bits per heavy atom. The maximum absolute atomic E-state index is 12.2. The van der Waals surface area contributed by atoms with E-state index >= 15 is 0 Å². The second kappa shape index (κ2) is 8.39. The number of nitrogens with one attached hydrogen (secondary N) is 1. The van der Waals surface area contributed by atoms with Gasteiger partial charge in [0.1, 0.15) is 17.2 Å². The van der Waals surface area contributed by atoms with E-state index in [0.717, 1.165) is 0 Å². The monoisotopic (exact) mass is 364 g/mol. The molecule has 0 atom stereocenters.